The zero-order valence-electron chi connectivity index (χ0n) is 20.5. The van der Waals surface area contributed by atoms with E-state index < -0.39 is 29.7 Å². The fourth-order valence-electron chi connectivity index (χ4n) is 4.82. The molecule has 1 aromatic heterocycles. The van der Waals surface area contributed by atoms with Crippen molar-refractivity contribution in [3.8, 4) is 5.75 Å². The number of nitrogens with zero attached hydrogens (tertiary/aromatic N) is 1. The molecule has 2 aromatic carbocycles. The minimum Gasteiger partial charge on any atom is -0.486 e. The van der Waals surface area contributed by atoms with Gasteiger partial charge in [0.25, 0.3) is 5.91 Å². The van der Waals surface area contributed by atoms with Gasteiger partial charge in [-0.3, -0.25) is 4.79 Å². The van der Waals surface area contributed by atoms with Gasteiger partial charge in [0.1, 0.15) is 23.5 Å². The molecule has 3 atom stereocenters. The first-order valence-electron chi connectivity index (χ1n) is 12.5. The lowest BCUT2D eigenvalue weighted by Gasteiger charge is -2.30. The van der Waals surface area contributed by atoms with Gasteiger partial charge in [-0.1, -0.05) is 29.3 Å². The van der Waals surface area contributed by atoms with E-state index in [1.807, 2.05) is 4.90 Å². The highest BCUT2D eigenvalue weighted by atomic mass is 35.5. The predicted molar refractivity (Wildman–Crippen MR) is 139 cm³/mol. The highest BCUT2D eigenvalue weighted by molar-refractivity contribution is 6.32. The zero-order chi connectivity index (χ0) is 26.9. The molecule has 2 saturated heterocycles. The number of ether oxygens (including phenoxy) is 2. The number of hydrogen-bond donors (Lipinski definition) is 2. The third-order valence-corrected chi connectivity index (χ3v) is 7.43. The van der Waals surface area contributed by atoms with Crippen LogP contribution in [0.1, 0.15) is 36.7 Å². The molecule has 2 N–H and O–H groups in total. The van der Waals surface area contributed by atoms with Gasteiger partial charge in [-0.15, -0.1) is 0 Å². The first kappa shape index (κ1) is 27.1. The van der Waals surface area contributed by atoms with Gasteiger partial charge >= 0.3 is 5.92 Å². The Morgan fingerprint density at radius 3 is 2.68 bits per heavy atom. The second kappa shape index (κ2) is 11.4. The van der Waals surface area contributed by atoms with Crippen molar-refractivity contribution >= 4 is 40.1 Å². The molecular formula is C27H28Cl2F2N2O5. The third kappa shape index (κ3) is 5.92. The lowest BCUT2D eigenvalue weighted by Crippen LogP contribution is -2.50. The lowest BCUT2D eigenvalue weighted by atomic mass is 10.0. The summed E-state index contributed by atoms with van der Waals surface area (Å²) in [6.07, 6.45) is 1.25. The van der Waals surface area contributed by atoms with Crippen LogP contribution in [0.4, 0.5) is 8.78 Å². The monoisotopic (exact) mass is 568 g/mol. The molecule has 2 aliphatic heterocycles. The normalized spacial score (nSPS) is 20.1. The number of hydrogen-bond acceptors (Lipinski definition) is 6. The van der Waals surface area contributed by atoms with Gasteiger partial charge < -0.3 is 29.2 Å². The van der Waals surface area contributed by atoms with Crippen molar-refractivity contribution in [3.05, 3.63) is 63.8 Å². The van der Waals surface area contributed by atoms with E-state index in [9.17, 15) is 9.90 Å². The number of furan rings is 1. The summed E-state index contributed by atoms with van der Waals surface area (Å²) in [7, 11) is 0. The standard InChI is InChI=1S/C27H28Cl2F2N2O5/c28-18-4-6-22-17(11-18)13-24(38-22)27(30,31)26(35)32-21(14-33-8-1-2-9-33)25(34)16-3-5-23(20(29)12-16)37-19-7-10-36-15-19/h3-6,11-13,19,21,25,34H,1-2,7-10,14-15H2,(H,32,35)/t19?,21-,25+/m1/s1. The van der Waals surface area contributed by atoms with Crippen LogP contribution in [0.2, 0.25) is 10.0 Å². The Morgan fingerprint density at radius 2 is 1.97 bits per heavy atom. The largest absolute Gasteiger partial charge is 0.486 e. The highest BCUT2D eigenvalue weighted by Crippen LogP contribution is 2.35. The van der Waals surface area contributed by atoms with E-state index in [-0.39, 0.29) is 23.3 Å². The lowest BCUT2D eigenvalue weighted by molar-refractivity contribution is -0.151. The van der Waals surface area contributed by atoms with E-state index >= 15 is 8.78 Å². The Balaban J connectivity index is 1.35. The second-order valence-corrected chi connectivity index (χ2v) is 10.5. The number of nitrogens with one attached hydrogen (secondary N) is 1. The first-order valence-corrected chi connectivity index (χ1v) is 13.3. The molecule has 204 valence electrons. The smallest absolute Gasteiger partial charge is 0.380 e. The van der Waals surface area contributed by atoms with Crippen LogP contribution >= 0.6 is 23.2 Å². The summed E-state index contributed by atoms with van der Waals surface area (Å²) in [5, 5.41) is 14.6. The molecule has 0 spiro atoms. The van der Waals surface area contributed by atoms with Crippen molar-refractivity contribution in [2.75, 3.05) is 32.8 Å². The topological polar surface area (TPSA) is 84.2 Å². The summed E-state index contributed by atoms with van der Waals surface area (Å²) in [5.74, 6) is -5.91. The number of amides is 1. The molecule has 0 bridgehead atoms. The number of rotatable bonds is 9. The molecule has 5 rings (SSSR count). The average Bonchev–Trinajstić information content (AvgIpc) is 3.66. The molecule has 3 aromatic rings. The summed E-state index contributed by atoms with van der Waals surface area (Å²) < 4.78 is 47.0. The van der Waals surface area contributed by atoms with Crippen LogP contribution in [0.25, 0.3) is 11.0 Å². The molecule has 0 aliphatic carbocycles. The van der Waals surface area contributed by atoms with Crippen LogP contribution in [0, 0.1) is 0 Å². The van der Waals surface area contributed by atoms with E-state index in [1.165, 1.54) is 24.3 Å². The van der Waals surface area contributed by atoms with Crippen LogP contribution in [-0.2, 0) is 15.5 Å². The Labute approximate surface area is 228 Å². The fourth-order valence-corrected chi connectivity index (χ4v) is 5.24. The van der Waals surface area contributed by atoms with Crippen molar-refractivity contribution in [2.45, 2.75) is 43.4 Å². The first-order chi connectivity index (χ1) is 18.2. The van der Waals surface area contributed by atoms with Crippen LogP contribution < -0.4 is 10.1 Å². The maximum absolute atomic E-state index is 15.3. The number of carbonyl (C=O) groups excluding carboxylic acids is 1. The van der Waals surface area contributed by atoms with Gasteiger partial charge in [0.05, 0.1) is 24.3 Å². The minimum atomic E-state index is -3.98. The average molecular weight is 569 g/mol. The molecule has 1 amide bonds. The number of alkyl halides is 2. The summed E-state index contributed by atoms with van der Waals surface area (Å²) in [6, 6.07) is 9.30. The summed E-state index contributed by atoms with van der Waals surface area (Å²) in [4.78, 5) is 14.9. The number of aliphatic hydroxyl groups excluding tert-OH is 1. The quantitative estimate of drug-likeness (QED) is 0.364. The van der Waals surface area contributed by atoms with Crippen molar-refractivity contribution < 1.29 is 32.6 Å². The van der Waals surface area contributed by atoms with E-state index in [1.54, 1.807) is 12.1 Å². The van der Waals surface area contributed by atoms with Gasteiger partial charge in [0, 0.05) is 23.4 Å². The number of fused-ring (bicyclic) bond motifs is 1. The van der Waals surface area contributed by atoms with Crippen molar-refractivity contribution in [2.24, 2.45) is 0 Å². The molecular weight excluding hydrogens is 541 g/mol. The van der Waals surface area contributed by atoms with Crippen molar-refractivity contribution in [1.82, 2.24) is 10.2 Å². The fraction of sp³-hybridized carbons (Fsp3) is 0.444. The number of likely N-dealkylation sites (tertiary alicyclic amines) is 1. The number of carbonyl (C=O) groups is 1. The number of aliphatic hydroxyl groups is 1. The van der Waals surface area contributed by atoms with Crippen LogP contribution in [-0.4, -0.2) is 60.9 Å². The Hall–Kier alpha value is -2.43. The van der Waals surface area contributed by atoms with Crippen molar-refractivity contribution in [1.29, 1.82) is 0 Å². The van der Waals surface area contributed by atoms with E-state index in [0.29, 0.717) is 34.9 Å². The number of halogens is 4. The second-order valence-electron chi connectivity index (χ2n) is 9.69. The highest BCUT2D eigenvalue weighted by Gasteiger charge is 2.46. The Kier molecular flexibility index (Phi) is 8.11. The molecule has 11 heteroatoms. The predicted octanol–water partition coefficient (Wildman–Crippen LogP) is 5.31. The minimum absolute atomic E-state index is 0.109. The molecule has 2 fully saturated rings. The van der Waals surface area contributed by atoms with Gasteiger partial charge in [-0.25, -0.2) is 0 Å². The van der Waals surface area contributed by atoms with Gasteiger partial charge in [-0.05, 0) is 67.9 Å². The molecule has 3 heterocycles. The zero-order valence-corrected chi connectivity index (χ0v) is 22.0. The SMILES string of the molecule is O=C(N[C@H](CN1CCCC1)[C@@H](O)c1ccc(OC2CCOC2)c(Cl)c1)C(F)(F)c1cc2cc(Cl)ccc2o1. The maximum atomic E-state index is 15.3. The van der Waals surface area contributed by atoms with Gasteiger partial charge in [0.2, 0.25) is 0 Å². The van der Waals surface area contributed by atoms with Crippen molar-refractivity contribution in [3.63, 3.8) is 0 Å². The van der Waals surface area contributed by atoms with Gasteiger partial charge in [-0.2, -0.15) is 8.78 Å². The van der Waals surface area contributed by atoms with Gasteiger partial charge in [0.15, 0.2) is 5.76 Å². The van der Waals surface area contributed by atoms with Crippen LogP contribution in [0.3, 0.4) is 0 Å². The van der Waals surface area contributed by atoms with Crippen LogP contribution in [0.5, 0.6) is 5.75 Å². The molecule has 1 unspecified atom stereocenters. The maximum Gasteiger partial charge on any atom is 0.380 e. The summed E-state index contributed by atoms with van der Waals surface area (Å²) in [5.41, 5.74) is 0.558. The molecule has 0 radical (unpaired) electrons. The van der Waals surface area contributed by atoms with E-state index in [4.69, 9.17) is 37.1 Å². The Morgan fingerprint density at radius 1 is 1.18 bits per heavy atom. The molecule has 7 nitrogen and oxygen atoms in total. The number of benzene rings is 2. The molecule has 2 aliphatic rings. The Bertz CT molecular complexity index is 1290. The summed E-state index contributed by atoms with van der Waals surface area (Å²) in [6.45, 7) is 2.77. The third-order valence-electron chi connectivity index (χ3n) is 6.90. The molecule has 38 heavy (non-hydrogen) atoms. The van der Waals surface area contributed by atoms with E-state index in [2.05, 4.69) is 5.32 Å². The summed E-state index contributed by atoms with van der Waals surface area (Å²) >= 11 is 12.4. The van der Waals surface area contributed by atoms with Crippen LogP contribution in [0.15, 0.2) is 46.9 Å². The molecule has 0 saturated carbocycles. The van der Waals surface area contributed by atoms with E-state index in [0.717, 1.165) is 38.4 Å².